The second-order valence-electron chi connectivity index (χ2n) is 7.42. The van der Waals surface area contributed by atoms with Crippen LogP contribution in [0, 0.1) is 5.92 Å². The van der Waals surface area contributed by atoms with E-state index in [0.717, 1.165) is 22.9 Å². The average molecular weight is 500 g/mol. The zero-order valence-electron chi connectivity index (χ0n) is 16.2. The molecule has 0 spiro atoms. The molecule has 156 valence electrons. The lowest BCUT2D eigenvalue weighted by atomic mass is 9.99. The predicted molar refractivity (Wildman–Crippen MR) is 118 cm³/mol. The van der Waals surface area contributed by atoms with E-state index in [0.29, 0.717) is 24.0 Å². The summed E-state index contributed by atoms with van der Waals surface area (Å²) in [6, 6.07) is 13.4. The molecule has 1 aliphatic heterocycles. The van der Waals surface area contributed by atoms with Crippen molar-refractivity contribution in [3.05, 3.63) is 63.6 Å². The highest BCUT2D eigenvalue weighted by Gasteiger charge is 2.29. The molecule has 0 aliphatic carbocycles. The van der Waals surface area contributed by atoms with Gasteiger partial charge < -0.3 is 4.90 Å². The van der Waals surface area contributed by atoms with Gasteiger partial charge in [-0.1, -0.05) is 46.6 Å². The van der Waals surface area contributed by atoms with E-state index in [1.165, 1.54) is 4.31 Å². The van der Waals surface area contributed by atoms with E-state index < -0.39 is 10.0 Å². The maximum atomic E-state index is 13.3. The molecule has 1 fully saturated rings. The van der Waals surface area contributed by atoms with Gasteiger partial charge in [0.05, 0.1) is 11.4 Å². The Kier molecular flexibility index (Phi) is 7.37. The van der Waals surface area contributed by atoms with Crippen molar-refractivity contribution in [1.29, 1.82) is 0 Å². The third-order valence-corrected chi connectivity index (χ3v) is 7.76. The topological polar surface area (TPSA) is 57.7 Å². The highest BCUT2D eigenvalue weighted by molar-refractivity contribution is 9.10. The molecule has 1 amide bonds. The first-order valence-corrected chi connectivity index (χ1v) is 12.1. The number of halogens is 2. The number of nitrogens with zero attached hydrogens (tertiary/aromatic N) is 2. The van der Waals surface area contributed by atoms with Crippen LogP contribution in [0.2, 0.25) is 5.02 Å². The molecule has 0 aromatic heterocycles. The highest BCUT2D eigenvalue weighted by Crippen LogP contribution is 2.23. The predicted octanol–water partition coefficient (Wildman–Crippen LogP) is 4.55. The Balaban J connectivity index is 1.85. The summed E-state index contributed by atoms with van der Waals surface area (Å²) in [5.41, 5.74) is 0.773. The van der Waals surface area contributed by atoms with Crippen molar-refractivity contribution in [2.75, 3.05) is 19.6 Å². The minimum absolute atomic E-state index is 0.103. The second-order valence-corrected chi connectivity index (χ2v) is 10.7. The molecule has 2 aromatic rings. The van der Waals surface area contributed by atoms with Gasteiger partial charge in [-0.25, -0.2) is 8.42 Å². The lowest BCUT2D eigenvalue weighted by Gasteiger charge is -2.32. The van der Waals surface area contributed by atoms with Crippen molar-refractivity contribution in [3.63, 3.8) is 0 Å². The monoisotopic (exact) mass is 498 g/mol. The van der Waals surface area contributed by atoms with E-state index in [-0.39, 0.29) is 23.9 Å². The molecule has 8 heteroatoms. The number of amides is 1. The number of likely N-dealkylation sites (tertiary alicyclic amines) is 1. The summed E-state index contributed by atoms with van der Waals surface area (Å²) < 4.78 is 28.6. The number of hydrogen-bond donors (Lipinski definition) is 0. The molecule has 0 N–H and O–H groups in total. The van der Waals surface area contributed by atoms with Crippen LogP contribution < -0.4 is 0 Å². The van der Waals surface area contributed by atoms with Gasteiger partial charge in [0, 0.05) is 29.1 Å². The summed E-state index contributed by atoms with van der Waals surface area (Å²) in [4.78, 5) is 14.8. The van der Waals surface area contributed by atoms with E-state index in [1.807, 2.05) is 0 Å². The molecule has 2 aromatic carbocycles. The van der Waals surface area contributed by atoms with E-state index in [4.69, 9.17) is 11.6 Å². The largest absolute Gasteiger partial charge is 0.342 e. The van der Waals surface area contributed by atoms with Crippen molar-refractivity contribution >= 4 is 43.5 Å². The average Bonchev–Trinajstić information content (AvgIpc) is 2.70. The van der Waals surface area contributed by atoms with Gasteiger partial charge in [0.2, 0.25) is 15.9 Å². The number of carbonyl (C=O) groups is 1. The van der Waals surface area contributed by atoms with Crippen LogP contribution in [0.25, 0.3) is 0 Å². The maximum Gasteiger partial charge on any atom is 0.243 e. The number of hydrogen-bond acceptors (Lipinski definition) is 3. The molecule has 29 heavy (non-hydrogen) atoms. The fraction of sp³-hybridized carbons (Fsp3) is 0.381. The lowest BCUT2D eigenvalue weighted by Crippen LogP contribution is -2.45. The van der Waals surface area contributed by atoms with E-state index in [2.05, 4.69) is 22.9 Å². The van der Waals surface area contributed by atoms with Crippen LogP contribution in [-0.4, -0.2) is 43.2 Å². The van der Waals surface area contributed by atoms with Crippen molar-refractivity contribution < 1.29 is 13.2 Å². The number of piperidine rings is 1. The summed E-state index contributed by atoms with van der Waals surface area (Å²) in [6.07, 6.45) is 1.89. The minimum atomic E-state index is -3.84. The Labute approximate surface area is 185 Å². The maximum absolute atomic E-state index is 13.3. The molecule has 1 heterocycles. The van der Waals surface area contributed by atoms with Gasteiger partial charge in [-0.2, -0.15) is 4.31 Å². The number of carbonyl (C=O) groups excluding carboxylic acids is 1. The fourth-order valence-electron chi connectivity index (χ4n) is 3.28. The van der Waals surface area contributed by atoms with Crippen molar-refractivity contribution in [2.45, 2.75) is 31.2 Å². The molecule has 5 nitrogen and oxygen atoms in total. The normalized spacial score (nSPS) is 15.7. The van der Waals surface area contributed by atoms with Crippen LogP contribution >= 0.6 is 27.5 Å². The van der Waals surface area contributed by atoms with Gasteiger partial charge in [0.1, 0.15) is 0 Å². The Hall–Kier alpha value is -1.41. The standard InChI is InChI=1S/C21H24BrClN2O3S/c1-16-10-12-24(13-11-16)21(26)15-25(14-17-2-6-19(23)7-3-17)29(27,28)20-8-4-18(22)5-9-20/h2-9,16H,10-15H2,1H3. The molecule has 0 atom stereocenters. The zero-order valence-corrected chi connectivity index (χ0v) is 19.4. The van der Waals surface area contributed by atoms with Crippen LogP contribution in [0.3, 0.4) is 0 Å². The van der Waals surface area contributed by atoms with E-state index >= 15 is 0 Å². The smallest absolute Gasteiger partial charge is 0.243 e. The van der Waals surface area contributed by atoms with Crippen LogP contribution in [0.15, 0.2) is 57.9 Å². The van der Waals surface area contributed by atoms with E-state index in [9.17, 15) is 13.2 Å². The van der Waals surface area contributed by atoms with Crippen LogP contribution in [0.1, 0.15) is 25.3 Å². The molecule has 3 rings (SSSR count). The fourth-order valence-corrected chi connectivity index (χ4v) is 5.05. The van der Waals surface area contributed by atoms with Crippen LogP contribution in [0.4, 0.5) is 0 Å². The molecule has 0 bridgehead atoms. The molecular weight excluding hydrogens is 476 g/mol. The SMILES string of the molecule is CC1CCN(C(=O)CN(Cc2ccc(Cl)cc2)S(=O)(=O)c2ccc(Br)cc2)CC1. The Morgan fingerprint density at radius 3 is 2.28 bits per heavy atom. The van der Waals surface area contributed by atoms with Gasteiger partial charge >= 0.3 is 0 Å². The van der Waals surface area contributed by atoms with E-state index in [1.54, 1.807) is 53.4 Å². The van der Waals surface area contributed by atoms with Gasteiger partial charge in [-0.05, 0) is 60.7 Å². The first kappa shape index (κ1) is 22.3. The van der Waals surface area contributed by atoms with Gasteiger partial charge in [-0.3, -0.25) is 4.79 Å². The third-order valence-electron chi connectivity index (χ3n) is 5.17. The summed E-state index contributed by atoms with van der Waals surface area (Å²) in [6.45, 7) is 3.44. The van der Waals surface area contributed by atoms with Crippen molar-refractivity contribution in [3.8, 4) is 0 Å². The first-order valence-electron chi connectivity index (χ1n) is 9.53. The Morgan fingerprint density at radius 1 is 1.10 bits per heavy atom. The lowest BCUT2D eigenvalue weighted by molar-refractivity contribution is -0.132. The Bertz CT molecular complexity index is 941. The molecule has 1 aliphatic rings. The van der Waals surface area contributed by atoms with Gasteiger partial charge in [0.15, 0.2) is 0 Å². The molecule has 0 radical (unpaired) electrons. The number of benzene rings is 2. The number of sulfonamides is 1. The summed E-state index contributed by atoms with van der Waals surface area (Å²) >= 11 is 9.27. The van der Waals surface area contributed by atoms with Gasteiger partial charge in [0.25, 0.3) is 0 Å². The van der Waals surface area contributed by atoms with Crippen molar-refractivity contribution in [1.82, 2.24) is 9.21 Å². The highest BCUT2D eigenvalue weighted by atomic mass is 79.9. The number of rotatable bonds is 6. The zero-order chi connectivity index (χ0) is 21.0. The van der Waals surface area contributed by atoms with Crippen molar-refractivity contribution in [2.24, 2.45) is 5.92 Å². The molecule has 0 saturated carbocycles. The third kappa shape index (κ3) is 5.81. The van der Waals surface area contributed by atoms with Crippen LogP contribution in [-0.2, 0) is 21.4 Å². The molecule has 1 saturated heterocycles. The minimum Gasteiger partial charge on any atom is -0.342 e. The summed E-state index contributed by atoms with van der Waals surface area (Å²) in [7, 11) is -3.84. The van der Waals surface area contributed by atoms with Gasteiger partial charge in [-0.15, -0.1) is 0 Å². The molecular formula is C21H24BrClN2O3S. The Morgan fingerprint density at radius 2 is 1.69 bits per heavy atom. The van der Waals surface area contributed by atoms with Crippen LogP contribution in [0.5, 0.6) is 0 Å². The summed E-state index contributed by atoms with van der Waals surface area (Å²) in [5.74, 6) is 0.433. The quantitative estimate of drug-likeness (QED) is 0.586. The second kappa shape index (κ2) is 9.60. The molecule has 0 unspecified atom stereocenters. The summed E-state index contributed by atoms with van der Waals surface area (Å²) in [5, 5.41) is 0.578. The first-order chi connectivity index (χ1) is 13.8.